The molecule has 1 amide bonds. The number of hydrogen-bond acceptors (Lipinski definition) is 9. The van der Waals surface area contributed by atoms with Crippen LogP contribution in [0.5, 0.6) is 0 Å². The molecule has 3 rings (SSSR count). The number of anilines is 2. The molecule has 0 aliphatic carbocycles. The van der Waals surface area contributed by atoms with Gasteiger partial charge in [0.2, 0.25) is 11.6 Å². The zero-order valence-electron chi connectivity index (χ0n) is 17.2. The summed E-state index contributed by atoms with van der Waals surface area (Å²) < 4.78 is 10.3. The van der Waals surface area contributed by atoms with Gasteiger partial charge in [0.05, 0.1) is 17.8 Å². The first-order valence-electron chi connectivity index (χ1n) is 9.87. The van der Waals surface area contributed by atoms with E-state index in [9.17, 15) is 14.9 Å². The second-order valence-corrected chi connectivity index (χ2v) is 6.86. The summed E-state index contributed by atoms with van der Waals surface area (Å²) in [5.41, 5.74) is -0.118. The second kappa shape index (κ2) is 10.0. The van der Waals surface area contributed by atoms with Crippen LogP contribution < -0.4 is 9.80 Å². The van der Waals surface area contributed by atoms with Crippen molar-refractivity contribution >= 4 is 23.2 Å². The number of piperazine rings is 1. The molecular weight excluding hydrogens is 392 g/mol. The molecule has 11 heteroatoms. The van der Waals surface area contributed by atoms with Gasteiger partial charge in [-0.1, -0.05) is 6.92 Å². The van der Waals surface area contributed by atoms with Crippen molar-refractivity contribution < 1.29 is 18.9 Å². The Kier molecular flexibility index (Phi) is 7.17. The number of rotatable bonds is 9. The molecule has 2 aromatic rings. The first-order chi connectivity index (χ1) is 14.6. The Balaban J connectivity index is 1.80. The highest BCUT2D eigenvalue weighted by Gasteiger charge is 2.32. The number of methoxy groups -OCH3 is 1. The summed E-state index contributed by atoms with van der Waals surface area (Å²) >= 11 is 0. The van der Waals surface area contributed by atoms with Gasteiger partial charge in [-0.15, -0.1) is 0 Å². The van der Waals surface area contributed by atoms with E-state index in [-0.39, 0.29) is 29.0 Å². The zero-order chi connectivity index (χ0) is 21.5. The van der Waals surface area contributed by atoms with E-state index in [1.807, 2.05) is 16.7 Å². The SMILES string of the molecule is CCCN(CCOC)c1ncnc(N2CCN(C(=O)c3ccco3)CC2)c1[N+](=O)[O-]. The highest BCUT2D eigenvalue weighted by atomic mass is 16.6. The minimum atomic E-state index is -0.430. The monoisotopic (exact) mass is 418 g/mol. The summed E-state index contributed by atoms with van der Waals surface area (Å²) in [5.74, 6) is 0.657. The van der Waals surface area contributed by atoms with Crippen LogP contribution in [0.25, 0.3) is 0 Å². The van der Waals surface area contributed by atoms with Crippen molar-refractivity contribution in [3.05, 3.63) is 40.6 Å². The van der Waals surface area contributed by atoms with Crippen molar-refractivity contribution in [2.45, 2.75) is 13.3 Å². The molecule has 1 aliphatic rings. The Morgan fingerprint density at radius 1 is 1.30 bits per heavy atom. The smallest absolute Gasteiger partial charge is 0.353 e. The number of amides is 1. The number of carbonyl (C=O) groups excluding carboxylic acids is 1. The van der Waals surface area contributed by atoms with E-state index in [0.29, 0.717) is 45.9 Å². The number of ether oxygens (including phenoxy) is 1. The largest absolute Gasteiger partial charge is 0.459 e. The average molecular weight is 418 g/mol. The van der Waals surface area contributed by atoms with Crippen LogP contribution in [0, 0.1) is 10.1 Å². The van der Waals surface area contributed by atoms with E-state index in [1.54, 1.807) is 24.1 Å². The molecule has 1 fully saturated rings. The summed E-state index contributed by atoms with van der Waals surface area (Å²) in [6.07, 6.45) is 3.63. The van der Waals surface area contributed by atoms with E-state index in [2.05, 4.69) is 9.97 Å². The lowest BCUT2D eigenvalue weighted by Crippen LogP contribution is -2.49. The number of aromatic nitrogens is 2. The molecular formula is C19H26N6O5. The highest BCUT2D eigenvalue weighted by molar-refractivity contribution is 5.91. The summed E-state index contributed by atoms with van der Waals surface area (Å²) in [7, 11) is 1.59. The lowest BCUT2D eigenvalue weighted by atomic mass is 10.2. The lowest BCUT2D eigenvalue weighted by Gasteiger charge is -2.35. The number of carbonyl (C=O) groups is 1. The lowest BCUT2D eigenvalue weighted by molar-refractivity contribution is -0.383. The molecule has 0 unspecified atom stereocenters. The molecule has 30 heavy (non-hydrogen) atoms. The van der Waals surface area contributed by atoms with E-state index >= 15 is 0 Å². The van der Waals surface area contributed by atoms with E-state index in [1.165, 1.54) is 12.6 Å². The van der Waals surface area contributed by atoms with Gasteiger partial charge in [-0.05, 0) is 18.6 Å². The molecule has 0 bridgehead atoms. The number of nitrogens with zero attached hydrogens (tertiary/aromatic N) is 6. The van der Waals surface area contributed by atoms with Crippen LogP contribution in [0.3, 0.4) is 0 Å². The Morgan fingerprint density at radius 3 is 2.67 bits per heavy atom. The fourth-order valence-corrected chi connectivity index (χ4v) is 3.46. The molecule has 0 N–H and O–H groups in total. The summed E-state index contributed by atoms with van der Waals surface area (Å²) in [5, 5.41) is 12.0. The third kappa shape index (κ3) is 4.67. The standard InChI is InChI=1S/C19H26N6O5/c1-3-6-22(11-13-29-2)17-16(25(27)28)18(21-14-20-17)23-7-9-24(10-8-23)19(26)15-5-4-12-30-15/h4-5,12,14H,3,6-11,13H2,1-2H3. The Hall–Kier alpha value is -3.21. The van der Waals surface area contributed by atoms with Crippen molar-refractivity contribution in [1.82, 2.24) is 14.9 Å². The Labute approximate surface area is 174 Å². The van der Waals surface area contributed by atoms with Crippen LogP contribution in [0.2, 0.25) is 0 Å². The quantitative estimate of drug-likeness (QED) is 0.443. The summed E-state index contributed by atoms with van der Waals surface area (Å²) in [6.45, 7) is 5.23. The zero-order valence-corrected chi connectivity index (χ0v) is 17.2. The Bertz CT molecular complexity index is 851. The van der Waals surface area contributed by atoms with Gasteiger partial charge in [0.1, 0.15) is 6.33 Å². The van der Waals surface area contributed by atoms with Gasteiger partial charge < -0.3 is 23.9 Å². The van der Waals surface area contributed by atoms with Crippen LogP contribution in [-0.2, 0) is 4.74 Å². The van der Waals surface area contributed by atoms with Gasteiger partial charge in [-0.25, -0.2) is 9.97 Å². The molecule has 0 aromatic carbocycles. The Morgan fingerprint density at radius 2 is 2.07 bits per heavy atom. The van der Waals surface area contributed by atoms with Gasteiger partial charge in [0, 0.05) is 46.4 Å². The average Bonchev–Trinajstić information content (AvgIpc) is 3.30. The molecule has 11 nitrogen and oxygen atoms in total. The van der Waals surface area contributed by atoms with Crippen LogP contribution >= 0.6 is 0 Å². The maximum Gasteiger partial charge on any atom is 0.353 e. The fraction of sp³-hybridized carbons (Fsp3) is 0.526. The van der Waals surface area contributed by atoms with Gasteiger partial charge >= 0.3 is 5.69 Å². The van der Waals surface area contributed by atoms with Gasteiger partial charge in [-0.2, -0.15) is 0 Å². The van der Waals surface area contributed by atoms with Crippen molar-refractivity contribution in [3.63, 3.8) is 0 Å². The molecule has 2 aromatic heterocycles. The molecule has 1 aliphatic heterocycles. The molecule has 0 spiro atoms. The molecule has 1 saturated heterocycles. The fourth-order valence-electron chi connectivity index (χ4n) is 3.46. The first-order valence-corrected chi connectivity index (χ1v) is 9.87. The van der Waals surface area contributed by atoms with Gasteiger partial charge in [0.15, 0.2) is 5.76 Å². The number of furan rings is 1. The third-order valence-electron chi connectivity index (χ3n) is 4.92. The van der Waals surface area contributed by atoms with E-state index in [0.717, 1.165) is 6.42 Å². The van der Waals surface area contributed by atoms with Crippen molar-refractivity contribution in [2.75, 3.05) is 62.8 Å². The summed E-state index contributed by atoms with van der Waals surface area (Å²) in [4.78, 5) is 37.8. The van der Waals surface area contributed by atoms with Crippen molar-refractivity contribution in [2.24, 2.45) is 0 Å². The minimum absolute atomic E-state index is 0.118. The summed E-state index contributed by atoms with van der Waals surface area (Å²) in [6, 6.07) is 3.29. The van der Waals surface area contributed by atoms with Crippen LogP contribution in [0.15, 0.2) is 29.1 Å². The van der Waals surface area contributed by atoms with Gasteiger partial charge in [0.25, 0.3) is 5.91 Å². The number of nitro groups is 1. The predicted molar refractivity (Wildman–Crippen MR) is 110 cm³/mol. The van der Waals surface area contributed by atoms with Crippen molar-refractivity contribution in [1.29, 1.82) is 0 Å². The topological polar surface area (TPSA) is 118 Å². The predicted octanol–water partition coefficient (Wildman–Crippen LogP) is 1.80. The maximum absolute atomic E-state index is 12.5. The first kappa shape index (κ1) is 21.5. The maximum atomic E-state index is 12.5. The van der Waals surface area contributed by atoms with E-state index in [4.69, 9.17) is 9.15 Å². The molecule has 162 valence electrons. The van der Waals surface area contributed by atoms with Crippen molar-refractivity contribution in [3.8, 4) is 0 Å². The molecule has 0 saturated carbocycles. The molecule has 3 heterocycles. The van der Waals surface area contributed by atoms with Crippen LogP contribution in [0.4, 0.5) is 17.3 Å². The third-order valence-corrected chi connectivity index (χ3v) is 4.92. The van der Waals surface area contributed by atoms with Gasteiger partial charge in [-0.3, -0.25) is 14.9 Å². The van der Waals surface area contributed by atoms with E-state index < -0.39 is 4.92 Å². The molecule has 0 atom stereocenters. The van der Waals surface area contributed by atoms with Crippen LogP contribution in [0.1, 0.15) is 23.9 Å². The second-order valence-electron chi connectivity index (χ2n) is 6.86. The highest BCUT2D eigenvalue weighted by Crippen LogP contribution is 2.34. The molecule has 0 radical (unpaired) electrons. The minimum Gasteiger partial charge on any atom is -0.459 e. The number of hydrogen-bond donors (Lipinski definition) is 0. The normalized spacial score (nSPS) is 14.1. The van der Waals surface area contributed by atoms with Crippen LogP contribution in [-0.4, -0.2) is 78.7 Å².